The molecule has 4 rings (SSSR count). The third-order valence-electron chi connectivity index (χ3n) is 7.78. The number of ether oxygens (including phenoxy) is 1. The van der Waals surface area contributed by atoms with E-state index in [0.29, 0.717) is 18.0 Å². The van der Waals surface area contributed by atoms with Crippen molar-refractivity contribution < 1.29 is 24.2 Å². The highest BCUT2D eigenvalue weighted by Gasteiger charge is 2.23. The first-order valence-electron chi connectivity index (χ1n) is 16.2. The maximum atomic E-state index is 13.1. The number of hydrogen-bond acceptors (Lipinski definition) is 6. The van der Waals surface area contributed by atoms with Crippen LogP contribution in [0.3, 0.4) is 0 Å². The fraction of sp³-hybridized carbons (Fsp3) is 0.308. The van der Waals surface area contributed by atoms with Crippen LogP contribution in [-0.2, 0) is 21.4 Å². The van der Waals surface area contributed by atoms with Crippen LogP contribution in [0.25, 0.3) is 22.5 Å². The molecule has 9 nitrogen and oxygen atoms in total. The standard InChI is InChI=1S/C39H44N4O5/c1-5-6-7-8-23-48-33-19-15-28(16-20-33)31-25-41-36(42-26-31)29-11-9-27(10-12-29)24-34(38(47)40-22-21-35(44)45)43-37(46)30-13-17-32(18-14-30)39(2,3)4/h5-6,9-20,25-26,34H,7-8,21-24H2,1-4H3,(H,40,47)(H,43,46)(H,44,45). The molecule has 1 atom stereocenters. The number of amides is 2. The number of carbonyl (C=O) groups excluding carboxylic acids is 2. The molecule has 0 saturated carbocycles. The summed E-state index contributed by atoms with van der Waals surface area (Å²) in [6.45, 7) is 8.93. The SMILES string of the molecule is CC=CCCCOc1ccc(-c2cnc(-c3ccc(CC(NC(=O)c4ccc(C(C)(C)C)cc4)C(=O)NCCC(=O)O)cc3)nc2)cc1. The summed E-state index contributed by atoms with van der Waals surface area (Å²) in [7, 11) is 0. The maximum Gasteiger partial charge on any atom is 0.305 e. The summed E-state index contributed by atoms with van der Waals surface area (Å²) >= 11 is 0. The van der Waals surface area contributed by atoms with E-state index in [1.807, 2.05) is 73.7 Å². The topological polar surface area (TPSA) is 131 Å². The van der Waals surface area contributed by atoms with Crippen molar-refractivity contribution in [2.75, 3.05) is 13.2 Å². The van der Waals surface area contributed by atoms with Gasteiger partial charge in [0.1, 0.15) is 11.8 Å². The van der Waals surface area contributed by atoms with Crippen molar-refractivity contribution in [2.24, 2.45) is 0 Å². The predicted octanol–water partition coefficient (Wildman–Crippen LogP) is 6.78. The Bertz CT molecular complexity index is 1680. The Morgan fingerprint density at radius 3 is 2.12 bits per heavy atom. The zero-order valence-electron chi connectivity index (χ0n) is 28.0. The zero-order chi connectivity index (χ0) is 34.5. The van der Waals surface area contributed by atoms with E-state index in [4.69, 9.17) is 9.84 Å². The Labute approximate surface area is 282 Å². The normalized spacial score (nSPS) is 12.0. The molecule has 1 heterocycles. The second kappa shape index (κ2) is 17.0. The monoisotopic (exact) mass is 648 g/mol. The van der Waals surface area contributed by atoms with Crippen LogP contribution in [0.15, 0.2) is 97.3 Å². The summed E-state index contributed by atoms with van der Waals surface area (Å²) in [5, 5.41) is 14.4. The average molecular weight is 649 g/mol. The molecule has 0 spiro atoms. The Kier molecular flexibility index (Phi) is 12.6. The van der Waals surface area contributed by atoms with Gasteiger partial charge in [-0.1, -0.05) is 81.5 Å². The molecule has 250 valence electrons. The van der Waals surface area contributed by atoms with Crippen LogP contribution in [0.4, 0.5) is 0 Å². The number of rotatable bonds is 15. The summed E-state index contributed by atoms with van der Waals surface area (Å²) in [4.78, 5) is 46.3. The van der Waals surface area contributed by atoms with E-state index in [2.05, 4.69) is 47.4 Å². The second-order valence-corrected chi connectivity index (χ2v) is 12.6. The molecule has 2 amide bonds. The largest absolute Gasteiger partial charge is 0.494 e. The second-order valence-electron chi connectivity index (χ2n) is 12.6. The molecule has 3 aromatic carbocycles. The van der Waals surface area contributed by atoms with Gasteiger partial charge in [-0.25, -0.2) is 9.97 Å². The number of carbonyl (C=O) groups is 3. The number of carboxylic acids is 1. The Hall–Kier alpha value is -5.31. The number of benzene rings is 3. The lowest BCUT2D eigenvalue weighted by atomic mass is 9.86. The molecular formula is C39H44N4O5. The molecule has 3 N–H and O–H groups in total. The van der Waals surface area contributed by atoms with Gasteiger partial charge in [0.15, 0.2) is 5.82 Å². The van der Waals surface area contributed by atoms with E-state index < -0.39 is 17.9 Å². The number of nitrogens with zero attached hydrogens (tertiary/aromatic N) is 2. The van der Waals surface area contributed by atoms with E-state index in [9.17, 15) is 14.4 Å². The van der Waals surface area contributed by atoms with Crippen molar-refractivity contribution >= 4 is 17.8 Å². The third-order valence-corrected chi connectivity index (χ3v) is 7.78. The first kappa shape index (κ1) is 35.5. The number of aliphatic carboxylic acids is 1. The van der Waals surface area contributed by atoms with Gasteiger partial charge in [-0.05, 0) is 66.1 Å². The Balaban J connectivity index is 1.40. The highest BCUT2D eigenvalue weighted by molar-refractivity contribution is 5.97. The molecular weight excluding hydrogens is 604 g/mol. The van der Waals surface area contributed by atoms with Crippen molar-refractivity contribution in [3.8, 4) is 28.3 Å². The lowest BCUT2D eigenvalue weighted by molar-refractivity contribution is -0.137. The molecule has 4 aromatic rings. The van der Waals surface area contributed by atoms with Gasteiger partial charge >= 0.3 is 5.97 Å². The fourth-order valence-electron chi connectivity index (χ4n) is 4.94. The highest BCUT2D eigenvalue weighted by Crippen LogP contribution is 2.24. The van der Waals surface area contributed by atoms with Crippen LogP contribution in [0.2, 0.25) is 0 Å². The van der Waals surface area contributed by atoms with Gasteiger partial charge in [0.2, 0.25) is 5.91 Å². The smallest absolute Gasteiger partial charge is 0.305 e. The minimum Gasteiger partial charge on any atom is -0.494 e. The van der Waals surface area contributed by atoms with Gasteiger partial charge in [0, 0.05) is 42.0 Å². The van der Waals surface area contributed by atoms with Crippen molar-refractivity contribution in [3.63, 3.8) is 0 Å². The Morgan fingerprint density at radius 2 is 1.52 bits per heavy atom. The molecule has 1 unspecified atom stereocenters. The van der Waals surface area contributed by atoms with E-state index in [1.54, 1.807) is 24.5 Å². The van der Waals surface area contributed by atoms with Gasteiger partial charge in [-0.15, -0.1) is 0 Å². The highest BCUT2D eigenvalue weighted by atomic mass is 16.5. The number of allylic oxidation sites excluding steroid dienone is 2. The molecule has 1 aromatic heterocycles. The van der Waals surface area contributed by atoms with Crippen molar-refractivity contribution in [1.82, 2.24) is 20.6 Å². The van der Waals surface area contributed by atoms with Crippen LogP contribution >= 0.6 is 0 Å². The number of hydrogen-bond donors (Lipinski definition) is 3. The first-order chi connectivity index (χ1) is 23.0. The summed E-state index contributed by atoms with van der Waals surface area (Å²) in [6.07, 6.45) is 9.70. The Morgan fingerprint density at radius 1 is 0.875 bits per heavy atom. The lowest BCUT2D eigenvalue weighted by Gasteiger charge is -2.20. The van der Waals surface area contributed by atoms with Crippen LogP contribution in [0.5, 0.6) is 5.75 Å². The van der Waals surface area contributed by atoms with Crippen molar-refractivity contribution in [3.05, 3.63) is 114 Å². The molecule has 0 aliphatic heterocycles. The predicted molar refractivity (Wildman–Crippen MR) is 188 cm³/mol. The summed E-state index contributed by atoms with van der Waals surface area (Å²) in [5.74, 6) is -0.480. The van der Waals surface area contributed by atoms with Gasteiger partial charge < -0.3 is 20.5 Å². The van der Waals surface area contributed by atoms with Gasteiger partial charge in [0.05, 0.1) is 13.0 Å². The van der Waals surface area contributed by atoms with Gasteiger partial charge in [-0.3, -0.25) is 14.4 Å². The van der Waals surface area contributed by atoms with Crippen molar-refractivity contribution in [2.45, 2.75) is 64.8 Å². The average Bonchev–Trinajstić information content (AvgIpc) is 3.08. The molecule has 0 saturated heterocycles. The minimum atomic E-state index is -1.02. The molecule has 0 bridgehead atoms. The van der Waals surface area contributed by atoms with Crippen LogP contribution in [0.1, 0.15) is 68.4 Å². The lowest BCUT2D eigenvalue weighted by Crippen LogP contribution is -2.48. The molecule has 0 radical (unpaired) electrons. The summed E-state index contributed by atoms with van der Waals surface area (Å²) in [5.41, 5.74) is 4.94. The molecule has 0 aliphatic rings. The number of nitrogens with one attached hydrogen (secondary N) is 2. The van der Waals surface area contributed by atoms with E-state index in [0.717, 1.165) is 46.4 Å². The first-order valence-corrected chi connectivity index (χ1v) is 16.2. The molecule has 0 fully saturated rings. The van der Waals surface area contributed by atoms with Crippen LogP contribution in [-0.4, -0.2) is 52.1 Å². The van der Waals surface area contributed by atoms with E-state index in [-0.39, 0.29) is 30.7 Å². The number of aromatic nitrogens is 2. The fourth-order valence-corrected chi connectivity index (χ4v) is 4.94. The van der Waals surface area contributed by atoms with Crippen molar-refractivity contribution in [1.29, 1.82) is 0 Å². The molecule has 9 heteroatoms. The van der Waals surface area contributed by atoms with Crippen LogP contribution in [0, 0.1) is 0 Å². The zero-order valence-corrected chi connectivity index (χ0v) is 28.0. The van der Waals surface area contributed by atoms with E-state index >= 15 is 0 Å². The quantitative estimate of drug-likeness (QED) is 0.0958. The van der Waals surface area contributed by atoms with Gasteiger partial charge in [0.25, 0.3) is 5.91 Å². The molecule has 48 heavy (non-hydrogen) atoms. The molecule has 0 aliphatic carbocycles. The number of carboxylic acid groups (broad SMARTS) is 1. The van der Waals surface area contributed by atoms with Crippen LogP contribution < -0.4 is 15.4 Å². The van der Waals surface area contributed by atoms with E-state index in [1.165, 1.54) is 0 Å². The number of unbranched alkanes of at least 4 members (excludes halogenated alkanes) is 1. The minimum absolute atomic E-state index is 0.0395. The maximum absolute atomic E-state index is 13.1. The van der Waals surface area contributed by atoms with Gasteiger partial charge in [-0.2, -0.15) is 0 Å². The summed E-state index contributed by atoms with van der Waals surface area (Å²) < 4.78 is 5.82. The third kappa shape index (κ3) is 10.6. The summed E-state index contributed by atoms with van der Waals surface area (Å²) in [6, 6.07) is 21.7.